The van der Waals surface area contributed by atoms with Gasteiger partial charge in [0.1, 0.15) is 5.69 Å². The zero-order valence-electron chi connectivity index (χ0n) is 20.7. The maximum Gasteiger partial charge on any atom is 0.311 e. The first-order valence-electron chi connectivity index (χ1n) is 11.7. The molecule has 9 nitrogen and oxygen atoms in total. The molecule has 9 heteroatoms. The number of nitrogens with zero attached hydrogens (tertiary/aromatic N) is 3. The number of para-hydroxylation sites is 1. The molecule has 1 aromatic heterocycles. The van der Waals surface area contributed by atoms with Gasteiger partial charge >= 0.3 is 5.97 Å². The summed E-state index contributed by atoms with van der Waals surface area (Å²) in [4.78, 5) is 37.3. The van der Waals surface area contributed by atoms with E-state index in [0.717, 1.165) is 11.4 Å². The molecule has 0 radical (unpaired) electrons. The summed E-state index contributed by atoms with van der Waals surface area (Å²) in [6.45, 7) is 5.40. The second-order valence-corrected chi connectivity index (χ2v) is 8.62. The highest BCUT2D eigenvalue weighted by molar-refractivity contribution is 5.98. The van der Waals surface area contributed by atoms with E-state index in [1.54, 1.807) is 48.0 Å². The van der Waals surface area contributed by atoms with Crippen LogP contribution in [-0.2, 0) is 20.7 Å². The van der Waals surface area contributed by atoms with Crippen LogP contribution in [0, 0.1) is 30.9 Å². The normalized spacial score (nSPS) is 11.5. The van der Waals surface area contributed by atoms with Gasteiger partial charge < -0.3 is 10.1 Å². The van der Waals surface area contributed by atoms with E-state index in [1.807, 2.05) is 44.2 Å². The Kier molecular flexibility index (Phi) is 7.43. The molecule has 0 spiro atoms. The molecule has 1 heterocycles. The van der Waals surface area contributed by atoms with Gasteiger partial charge in [0.15, 0.2) is 0 Å². The van der Waals surface area contributed by atoms with Crippen LogP contribution in [0.2, 0.25) is 0 Å². The number of nitro benzene ring substituents is 1. The minimum absolute atomic E-state index is 0.0217. The molecule has 0 aliphatic heterocycles. The highest BCUT2D eigenvalue weighted by Gasteiger charge is 2.28. The van der Waals surface area contributed by atoms with E-state index in [2.05, 4.69) is 10.4 Å². The topological polar surface area (TPSA) is 116 Å². The zero-order valence-corrected chi connectivity index (χ0v) is 20.7. The summed E-state index contributed by atoms with van der Waals surface area (Å²) in [5, 5.41) is 18.6. The highest BCUT2D eigenvalue weighted by atomic mass is 16.6. The van der Waals surface area contributed by atoms with Crippen LogP contribution in [0.3, 0.4) is 0 Å². The molecule has 4 rings (SSSR count). The van der Waals surface area contributed by atoms with Gasteiger partial charge in [-0.05, 0) is 44.5 Å². The Bertz CT molecular complexity index is 1450. The van der Waals surface area contributed by atoms with Gasteiger partial charge in [-0.2, -0.15) is 5.10 Å². The lowest BCUT2D eigenvalue weighted by molar-refractivity contribution is -0.384. The van der Waals surface area contributed by atoms with Gasteiger partial charge in [-0.15, -0.1) is 0 Å². The van der Waals surface area contributed by atoms with Crippen LogP contribution in [0.1, 0.15) is 34.2 Å². The highest BCUT2D eigenvalue weighted by Crippen LogP contribution is 2.28. The number of rotatable bonds is 8. The minimum Gasteiger partial charge on any atom is -0.447 e. The van der Waals surface area contributed by atoms with E-state index >= 15 is 0 Å². The van der Waals surface area contributed by atoms with Gasteiger partial charge in [0.25, 0.3) is 11.6 Å². The van der Waals surface area contributed by atoms with Crippen molar-refractivity contribution in [2.45, 2.75) is 33.3 Å². The number of hydrogen-bond donors (Lipinski definition) is 1. The fourth-order valence-corrected chi connectivity index (χ4v) is 4.07. The molecule has 0 aliphatic carbocycles. The van der Waals surface area contributed by atoms with Crippen molar-refractivity contribution in [3.63, 3.8) is 0 Å². The summed E-state index contributed by atoms with van der Waals surface area (Å²) < 4.78 is 7.43. The third kappa shape index (κ3) is 5.72. The maximum absolute atomic E-state index is 13.3. The molecule has 1 unspecified atom stereocenters. The van der Waals surface area contributed by atoms with Crippen molar-refractivity contribution in [1.29, 1.82) is 0 Å². The third-order valence-electron chi connectivity index (χ3n) is 5.96. The molecule has 0 saturated heterocycles. The van der Waals surface area contributed by atoms with E-state index in [1.165, 1.54) is 12.1 Å². The Balaban J connectivity index is 1.58. The summed E-state index contributed by atoms with van der Waals surface area (Å²) in [7, 11) is 0. The van der Waals surface area contributed by atoms with Crippen LogP contribution < -0.4 is 5.32 Å². The Hall–Kier alpha value is -4.79. The number of aromatic nitrogens is 2. The van der Waals surface area contributed by atoms with Crippen molar-refractivity contribution in [2.24, 2.45) is 0 Å². The second kappa shape index (κ2) is 10.9. The SMILES string of the molecule is Cc1ccc(NC(=O)C(OC(=O)Cc2c(C)nn(-c3ccccc3)c2C)c2ccccc2)c([N+](=O)[O-])c1. The fraction of sp³-hybridized carbons (Fsp3) is 0.179. The molecular formula is C28H26N4O5. The molecule has 0 fully saturated rings. The quantitative estimate of drug-likeness (QED) is 0.203. The van der Waals surface area contributed by atoms with Crippen LogP contribution in [-0.4, -0.2) is 26.6 Å². The van der Waals surface area contributed by atoms with Crippen molar-refractivity contribution < 1.29 is 19.2 Å². The number of anilines is 1. The van der Waals surface area contributed by atoms with Crippen LogP contribution in [0.4, 0.5) is 11.4 Å². The van der Waals surface area contributed by atoms with E-state index in [0.29, 0.717) is 22.4 Å². The van der Waals surface area contributed by atoms with E-state index in [4.69, 9.17) is 4.74 Å². The van der Waals surface area contributed by atoms with Gasteiger partial charge in [-0.3, -0.25) is 19.7 Å². The number of carbonyl (C=O) groups excluding carboxylic acids is 2. The largest absolute Gasteiger partial charge is 0.447 e. The van der Waals surface area contributed by atoms with Crippen LogP contribution in [0.25, 0.3) is 5.69 Å². The molecule has 188 valence electrons. The maximum atomic E-state index is 13.3. The first kappa shape index (κ1) is 25.3. The lowest BCUT2D eigenvalue weighted by Gasteiger charge is -2.18. The average molecular weight is 499 g/mol. The molecule has 0 aliphatic rings. The summed E-state index contributed by atoms with van der Waals surface area (Å²) >= 11 is 0. The van der Waals surface area contributed by atoms with Gasteiger partial charge in [0.05, 0.1) is 22.7 Å². The molecular weight excluding hydrogens is 472 g/mol. The average Bonchev–Trinajstić information content (AvgIpc) is 3.17. The Labute approximate surface area is 213 Å². The van der Waals surface area contributed by atoms with Gasteiger partial charge in [0, 0.05) is 22.9 Å². The van der Waals surface area contributed by atoms with Crippen molar-refractivity contribution in [1.82, 2.24) is 9.78 Å². The predicted octanol–water partition coefficient (Wildman–Crippen LogP) is 5.17. The summed E-state index contributed by atoms with van der Waals surface area (Å²) in [6.07, 6.45) is -1.40. The Morgan fingerprint density at radius 2 is 1.65 bits per heavy atom. The van der Waals surface area contributed by atoms with Crippen molar-refractivity contribution >= 4 is 23.3 Å². The molecule has 37 heavy (non-hydrogen) atoms. The molecule has 0 saturated carbocycles. The molecule has 1 N–H and O–H groups in total. The van der Waals surface area contributed by atoms with E-state index in [9.17, 15) is 19.7 Å². The molecule has 4 aromatic rings. The first-order chi connectivity index (χ1) is 17.7. The lowest BCUT2D eigenvalue weighted by Crippen LogP contribution is -2.27. The van der Waals surface area contributed by atoms with E-state index in [-0.39, 0.29) is 17.8 Å². The lowest BCUT2D eigenvalue weighted by atomic mass is 10.1. The van der Waals surface area contributed by atoms with Crippen molar-refractivity contribution in [2.75, 3.05) is 5.32 Å². The number of carbonyl (C=O) groups is 2. The molecule has 0 bridgehead atoms. The second-order valence-electron chi connectivity index (χ2n) is 8.62. The summed E-state index contributed by atoms with van der Waals surface area (Å²) in [5.41, 5.74) is 3.93. The molecule has 1 amide bonds. The predicted molar refractivity (Wildman–Crippen MR) is 138 cm³/mol. The van der Waals surface area contributed by atoms with Crippen LogP contribution in [0.5, 0.6) is 0 Å². The molecule has 3 aromatic carbocycles. The fourth-order valence-electron chi connectivity index (χ4n) is 4.07. The summed E-state index contributed by atoms with van der Waals surface area (Å²) in [5.74, 6) is -1.32. The third-order valence-corrected chi connectivity index (χ3v) is 5.96. The van der Waals surface area contributed by atoms with Gasteiger partial charge in [-0.25, -0.2) is 4.68 Å². The van der Waals surface area contributed by atoms with Crippen LogP contribution in [0.15, 0.2) is 78.9 Å². The number of esters is 1. The number of amides is 1. The number of nitro groups is 1. The van der Waals surface area contributed by atoms with Gasteiger partial charge in [-0.1, -0.05) is 54.6 Å². The number of hydrogen-bond acceptors (Lipinski definition) is 6. The Morgan fingerprint density at radius 1 is 1.00 bits per heavy atom. The standard InChI is InChI=1S/C28H26N4O5/c1-18-14-15-24(25(16-18)32(35)36)29-28(34)27(21-10-6-4-7-11-21)37-26(33)17-23-19(2)30-31(20(23)3)22-12-8-5-9-13-22/h4-16,27H,17H2,1-3H3,(H,29,34). The molecule has 1 atom stereocenters. The number of ether oxygens (including phenoxy) is 1. The number of aryl methyl sites for hydroxylation is 2. The zero-order chi connectivity index (χ0) is 26.5. The smallest absolute Gasteiger partial charge is 0.311 e. The van der Waals surface area contributed by atoms with Crippen molar-refractivity contribution in [3.05, 3.63) is 117 Å². The van der Waals surface area contributed by atoms with E-state index < -0.39 is 22.9 Å². The van der Waals surface area contributed by atoms with Gasteiger partial charge in [0.2, 0.25) is 6.10 Å². The number of benzene rings is 3. The summed E-state index contributed by atoms with van der Waals surface area (Å²) in [6, 6.07) is 22.6. The number of nitrogens with one attached hydrogen (secondary N) is 1. The van der Waals surface area contributed by atoms with Crippen LogP contribution >= 0.6 is 0 Å². The minimum atomic E-state index is -1.31. The Morgan fingerprint density at radius 3 is 2.30 bits per heavy atom. The monoisotopic (exact) mass is 498 g/mol. The first-order valence-corrected chi connectivity index (χ1v) is 11.7. The van der Waals surface area contributed by atoms with Crippen molar-refractivity contribution in [3.8, 4) is 5.69 Å².